The van der Waals surface area contributed by atoms with E-state index < -0.39 is 8.56 Å². The predicted octanol–water partition coefficient (Wildman–Crippen LogP) is 6.83. The highest BCUT2D eigenvalue weighted by Gasteiger charge is 2.30. The Morgan fingerprint density at radius 1 is 0.447 bits per heavy atom. The highest BCUT2D eigenvalue weighted by molar-refractivity contribution is 7.80. The average Bonchev–Trinajstić information content (AvgIpc) is 2.91. The lowest BCUT2D eigenvalue weighted by Gasteiger charge is -2.26. The Hall–Kier alpha value is 0.287. The third-order valence-electron chi connectivity index (χ3n) is 6.25. The molecule has 0 rings (SSSR count). The standard InChI is InChI=1S/C29H62O7SSi/c1-4-6-7-8-9-10-11-12-13-14-15-17-30-18-19-31-20-21-32-22-23-33-24-25-34-26-27-36-38(3,35-5-2)29-16-28-37/h37H,4-29H2,1-3H3. The van der Waals surface area contributed by atoms with E-state index in [0.29, 0.717) is 72.7 Å². The Morgan fingerprint density at radius 2 is 0.842 bits per heavy atom. The third kappa shape index (κ3) is 29.3. The minimum absolute atomic E-state index is 0.551. The lowest BCUT2D eigenvalue weighted by molar-refractivity contribution is -0.0137. The Balaban J connectivity index is 3.20. The van der Waals surface area contributed by atoms with Crippen molar-refractivity contribution >= 4 is 21.2 Å². The maximum Gasteiger partial charge on any atom is 0.335 e. The molecule has 1 unspecified atom stereocenters. The molecule has 0 saturated carbocycles. The molecule has 0 aliphatic rings. The predicted molar refractivity (Wildman–Crippen MR) is 163 cm³/mol. The molecule has 0 fully saturated rings. The monoisotopic (exact) mass is 582 g/mol. The molecule has 0 bridgehead atoms. The Bertz CT molecular complexity index is 451. The van der Waals surface area contributed by atoms with Gasteiger partial charge in [0.2, 0.25) is 0 Å². The van der Waals surface area contributed by atoms with Gasteiger partial charge in [0.05, 0.1) is 66.1 Å². The van der Waals surface area contributed by atoms with Crippen molar-refractivity contribution in [3.63, 3.8) is 0 Å². The van der Waals surface area contributed by atoms with Crippen LogP contribution in [0.2, 0.25) is 12.6 Å². The number of ether oxygens (including phenoxy) is 5. The molecule has 38 heavy (non-hydrogen) atoms. The number of hydrogen-bond donors (Lipinski definition) is 1. The summed E-state index contributed by atoms with van der Waals surface area (Å²) in [4.78, 5) is 0. The largest absolute Gasteiger partial charge is 0.395 e. The summed E-state index contributed by atoms with van der Waals surface area (Å²) in [6.07, 6.45) is 16.0. The van der Waals surface area contributed by atoms with E-state index in [4.69, 9.17) is 32.5 Å². The second-order valence-electron chi connectivity index (χ2n) is 9.84. The molecule has 9 heteroatoms. The van der Waals surface area contributed by atoms with E-state index in [1.165, 1.54) is 64.2 Å². The first-order chi connectivity index (χ1) is 18.7. The quantitative estimate of drug-likeness (QED) is 0.0517. The molecule has 0 saturated heterocycles. The van der Waals surface area contributed by atoms with E-state index in [-0.39, 0.29) is 0 Å². The molecule has 0 spiro atoms. The van der Waals surface area contributed by atoms with Crippen LogP contribution in [-0.2, 0) is 32.5 Å². The molecular weight excluding hydrogens is 520 g/mol. The highest BCUT2D eigenvalue weighted by atomic mass is 32.1. The maximum atomic E-state index is 6.00. The van der Waals surface area contributed by atoms with Gasteiger partial charge in [-0.1, -0.05) is 71.1 Å². The van der Waals surface area contributed by atoms with Gasteiger partial charge in [-0.3, -0.25) is 0 Å². The van der Waals surface area contributed by atoms with Crippen molar-refractivity contribution in [3.05, 3.63) is 0 Å². The molecule has 0 N–H and O–H groups in total. The minimum atomic E-state index is -2.09. The van der Waals surface area contributed by atoms with Gasteiger partial charge in [-0.2, -0.15) is 12.6 Å². The lowest BCUT2D eigenvalue weighted by Crippen LogP contribution is -2.39. The van der Waals surface area contributed by atoms with Gasteiger partial charge < -0.3 is 32.5 Å². The van der Waals surface area contributed by atoms with Crippen molar-refractivity contribution in [1.29, 1.82) is 0 Å². The molecule has 0 aromatic carbocycles. The topological polar surface area (TPSA) is 64.6 Å². The van der Waals surface area contributed by atoms with Crippen LogP contribution >= 0.6 is 12.6 Å². The van der Waals surface area contributed by atoms with Gasteiger partial charge in [0.1, 0.15) is 0 Å². The van der Waals surface area contributed by atoms with Crippen LogP contribution < -0.4 is 0 Å². The normalized spacial score (nSPS) is 13.3. The lowest BCUT2D eigenvalue weighted by atomic mass is 10.1. The first-order valence-electron chi connectivity index (χ1n) is 15.5. The summed E-state index contributed by atoms with van der Waals surface area (Å²) in [6.45, 7) is 13.7. The van der Waals surface area contributed by atoms with Crippen molar-refractivity contribution < 1.29 is 32.5 Å². The molecule has 0 radical (unpaired) electrons. The molecule has 0 aliphatic heterocycles. The Morgan fingerprint density at radius 3 is 1.26 bits per heavy atom. The van der Waals surface area contributed by atoms with E-state index in [1.54, 1.807) is 0 Å². The van der Waals surface area contributed by atoms with Crippen LogP contribution in [0, 0.1) is 0 Å². The summed E-state index contributed by atoms with van der Waals surface area (Å²) in [6, 6.07) is 0.964. The molecule has 0 aromatic heterocycles. The fourth-order valence-electron chi connectivity index (χ4n) is 4.06. The average molecular weight is 583 g/mol. The Kier molecular flexibility index (Phi) is 32.0. The second-order valence-corrected chi connectivity index (χ2v) is 13.6. The first-order valence-corrected chi connectivity index (χ1v) is 18.6. The summed E-state index contributed by atoms with van der Waals surface area (Å²) in [5, 5.41) is 0. The van der Waals surface area contributed by atoms with Crippen LogP contribution in [0.15, 0.2) is 0 Å². The Labute approximate surface area is 242 Å². The molecule has 7 nitrogen and oxygen atoms in total. The molecule has 0 heterocycles. The van der Waals surface area contributed by atoms with Gasteiger partial charge in [-0.05, 0) is 38.1 Å². The van der Waals surface area contributed by atoms with Gasteiger partial charge in [0, 0.05) is 13.2 Å². The van der Waals surface area contributed by atoms with Gasteiger partial charge in [0.15, 0.2) is 0 Å². The van der Waals surface area contributed by atoms with E-state index in [1.807, 2.05) is 6.92 Å². The molecule has 230 valence electrons. The molecule has 0 aromatic rings. The molecule has 1 atom stereocenters. The smallest absolute Gasteiger partial charge is 0.335 e. The molecule has 0 amide bonds. The summed E-state index contributed by atoms with van der Waals surface area (Å²) < 4.78 is 39.7. The number of thiol groups is 1. The molecule has 0 aliphatic carbocycles. The fraction of sp³-hybridized carbons (Fsp3) is 1.00. The second kappa shape index (κ2) is 31.8. The van der Waals surface area contributed by atoms with Gasteiger partial charge >= 0.3 is 8.56 Å². The van der Waals surface area contributed by atoms with Crippen molar-refractivity contribution in [1.82, 2.24) is 0 Å². The van der Waals surface area contributed by atoms with Crippen LogP contribution in [0.25, 0.3) is 0 Å². The van der Waals surface area contributed by atoms with Crippen LogP contribution in [-0.4, -0.2) is 93.6 Å². The number of hydrogen-bond acceptors (Lipinski definition) is 8. The SMILES string of the molecule is CCCCCCCCCCCCCOCCOCCOCCOCCOCCO[Si](C)(CCCS)OCC. The van der Waals surface area contributed by atoms with Crippen LogP contribution in [0.5, 0.6) is 0 Å². The third-order valence-corrected chi connectivity index (χ3v) is 9.55. The van der Waals surface area contributed by atoms with Crippen LogP contribution in [0.1, 0.15) is 90.9 Å². The first kappa shape index (κ1) is 38.3. The van der Waals surface area contributed by atoms with Crippen LogP contribution in [0.3, 0.4) is 0 Å². The summed E-state index contributed by atoms with van der Waals surface area (Å²) in [5.41, 5.74) is 0. The summed E-state index contributed by atoms with van der Waals surface area (Å²) >= 11 is 4.28. The van der Waals surface area contributed by atoms with Gasteiger partial charge in [-0.25, -0.2) is 0 Å². The van der Waals surface area contributed by atoms with E-state index in [9.17, 15) is 0 Å². The van der Waals surface area contributed by atoms with E-state index in [0.717, 1.165) is 31.2 Å². The van der Waals surface area contributed by atoms with Crippen molar-refractivity contribution in [2.24, 2.45) is 0 Å². The van der Waals surface area contributed by atoms with Crippen molar-refractivity contribution in [3.8, 4) is 0 Å². The van der Waals surface area contributed by atoms with E-state index in [2.05, 4.69) is 26.1 Å². The maximum absolute atomic E-state index is 6.00. The summed E-state index contributed by atoms with van der Waals surface area (Å²) in [5.74, 6) is 0.859. The van der Waals surface area contributed by atoms with Gasteiger partial charge in [0.25, 0.3) is 0 Å². The van der Waals surface area contributed by atoms with Crippen molar-refractivity contribution in [2.75, 3.05) is 85.0 Å². The number of rotatable bonds is 33. The zero-order chi connectivity index (χ0) is 27.8. The summed E-state index contributed by atoms with van der Waals surface area (Å²) in [7, 11) is -2.09. The highest BCUT2D eigenvalue weighted by Crippen LogP contribution is 2.16. The van der Waals surface area contributed by atoms with Gasteiger partial charge in [-0.15, -0.1) is 0 Å². The fourth-order valence-corrected chi connectivity index (χ4v) is 6.83. The van der Waals surface area contributed by atoms with E-state index >= 15 is 0 Å². The minimum Gasteiger partial charge on any atom is -0.395 e. The zero-order valence-electron chi connectivity index (χ0n) is 25.2. The molecular formula is C29H62O7SSi. The van der Waals surface area contributed by atoms with Crippen LogP contribution in [0.4, 0.5) is 0 Å². The number of unbranched alkanes of at least 4 members (excludes halogenated alkanes) is 10. The van der Waals surface area contributed by atoms with Crippen molar-refractivity contribution in [2.45, 2.75) is 103 Å². The zero-order valence-corrected chi connectivity index (χ0v) is 27.1.